The van der Waals surface area contributed by atoms with Crippen LogP contribution in [0.15, 0.2) is 42.9 Å². The second-order valence-corrected chi connectivity index (χ2v) is 5.98. The first kappa shape index (κ1) is 13.9. The molecule has 1 aliphatic heterocycles. The van der Waals surface area contributed by atoms with Crippen LogP contribution >= 0.6 is 0 Å². The Morgan fingerprint density at radius 3 is 2.91 bits per heavy atom. The van der Waals surface area contributed by atoms with Crippen molar-refractivity contribution in [2.24, 2.45) is 0 Å². The number of hydrogen-bond donors (Lipinski definition) is 3. The molecule has 4 rings (SSSR count). The first-order valence-corrected chi connectivity index (χ1v) is 7.46. The van der Waals surface area contributed by atoms with Crippen LogP contribution in [0.25, 0.3) is 10.9 Å². The molecule has 23 heavy (non-hydrogen) atoms. The maximum absolute atomic E-state index is 11.6. The Hall–Kier alpha value is -2.73. The van der Waals surface area contributed by atoms with Crippen molar-refractivity contribution in [1.29, 1.82) is 0 Å². The number of fused-ring (bicyclic) bond motifs is 3. The summed E-state index contributed by atoms with van der Waals surface area (Å²) >= 11 is 0. The minimum absolute atomic E-state index is 0.435. The number of para-hydroxylation sites is 1. The van der Waals surface area contributed by atoms with E-state index in [4.69, 9.17) is 0 Å². The van der Waals surface area contributed by atoms with Gasteiger partial charge in [0, 0.05) is 35.4 Å². The van der Waals surface area contributed by atoms with Crippen LogP contribution in [0.2, 0.25) is 0 Å². The van der Waals surface area contributed by atoms with Crippen molar-refractivity contribution in [1.82, 2.24) is 20.3 Å². The van der Waals surface area contributed by atoms with Gasteiger partial charge in [-0.1, -0.05) is 18.2 Å². The van der Waals surface area contributed by atoms with Crippen molar-refractivity contribution < 1.29 is 9.90 Å². The van der Waals surface area contributed by atoms with Crippen molar-refractivity contribution in [3.05, 3.63) is 59.8 Å². The number of aromatic amines is 1. The summed E-state index contributed by atoms with van der Waals surface area (Å²) in [4.78, 5) is 23.6. The molecular weight excluding hydrogens is 292 g/mol. The summed E-state index contributed by atoms with van der Waals surface area (Å²) in [6.07, 6.45) is 5.34. The zero-order valence-electron chi connectivity index (χ0n) is 12.6. The molecule has 1 aliphatic rings. The zero-order chi connectivity index (χ0) is 16.0. The highest BCUT2D eigenvalue weighted by atomic mass is 16.4. The molecule has 0 saturated heterocycles. The van der Waals surface area contributed by atoms with E-state index in [1.165, 1.54) is 0 Å². The first-order valence-electron chi connectivity index (χ1n) is 7.46. The zero-order valence-corrected chi connectivity index (χ0v) is 12.6. The van der Waals surface area contributed by atoms with Gasteiger partial charge in [-0.15, -0.1) is 0 Å². The molecule has 0 aliphatic carbocycles. The number of aromatic nitrogens is 3. The van der Waals surface area contributed by atoms with Gasteiger partial charge < -0.3 is 10.1 Å². The highest BCUT2D eigenvalue weighted by molar-refractivity contribution is 5.87. The molecule has 6 nitrogen and oxygen atoms in total. The number of H-pyrrole nitrogens is 1. The minimum Gasteiger partial charge on any atom is -0.480 e. The summed E-state index contributed by atoms with van der Waals surface area (Å²) in [5.41, 5.74) is 2.94. The van der Waals surface area contributed by atoms with Crippen molar-refractivity contribution >= 4 is 16.9 Å². The summed E-state index contributed by atoms with van der Waals surface area (Å²) in [6.45, 7) is 1.94. The number of hydrogen-bond acceptors (Lipinski definition) is 4. The maximum Gasteiger partial charge on any atom is 0.321 e. The highest BCUT2D eigenvalue weighted by Gasteiger charge is 2.43. The summed E-state index contributed by atoms with van der Waals surface area (Å²) in [5.74, 6) is -0.865. The van der Waals surface area contributed by atoms with E-state index in [-0.39, 0.29) is 0 Å². The molecule has 6 heteroatoms. The molecule has 0 saturated carbocycles. The molecule has 1 unspecified atom stereocenters. The molecule has 3 N–H and O–H groups in total. The minimum atomic E-state index is -0.865. The van der Waals surface area contributed by atoms with Crippen molar-refractivity contribution in [3.8, 4) is 0 Å². The van der Waals surface area contributed by atoms with Crippen molar-refractivity contribution in [2.45, 2.75) is 24.9 Å². The Balaban J connectivity index is 1.99. The molecular formula is C17H16N4O2. The Kier molecular flexibility index (Phi) is 2.96. The van der Waals surface area contributed by atoms with Crippen LogP contribution in [0.5, 0.6) is 0 Å². The van der Waals surface area contributed by atoms with Crippen LogP contribution in [0.3, 0.4) is 0 Å². The number of nitrogens with zero attached hydrogens (tertiary/aromatic N) is 2. The van der Waals surface area contributed by atoms with Crippen LogP contribution in [0.4, 0.5) is 0 Å². The predicted octanol–water partition coefficient (Wildman–Crippen LogP) is 1.82. The summed E-state index contributed by atoms with van der Waals surface area (Å²) in [6, 6.07) is 7.28. The third-order valence-corrected chi connectivity index (χ3v) is 4.56. The van der Waals surface area contributed by atoms with Gasteiger partial charge in [-0.3, -0.25) is 20.1 Å². The second kappa shape index (κ2) is 4.89. The van der Waals surface area contributed by atoms with Crippen LogP contribution < -0.4 is 5.32 Å². The van der Waals surface area contributed by atoms with Gasteiger partial charge in [0.2, 0.25) is 0 Å². The van der Waals surface area contributed by atoms with E-state index in [2.05, 4.69) is 20.3 Å². The molecule has 116 valence electrons. The summed E-state index contributed by atoms with van der Waals surface area (Å²) in [7, 11) is 0. The fourth-order valence-electron chi connectivity index (χ4n) is 3.42. The third-order valence-electron chi connectivity index (χ3n) is 4.56. The lowest BCUT2D eigenvalue weighted by Gasteiger charge is -2.37. The van der Waals surface area contributed by atoms with Crippen molar-refractivity contribution in [3.63, 3.8) is 0 Å². The Bertz CT molecular complexity index is 890. The summed E-state index contributed by atoms with van der Waals surface area (Å²) in [5, 5.41) is 13.8. The van der Waals surface area contributed by atoms with E-state index in [9.17, 15) is 9.90 Å². The maximum atomic E-state index is 11.6. The van der Waals surface area contributed by atoms with E-state index in [1.807, 2.05) is 31.2 Å². The fraction of sp³-hybridized carbons (Fsp3) is 0.235. The monoisotopic (exact) mass is 308 g/mol. The van der Waals surface area contributed by atoms with Gasteiger partial charge in [-0.2, -0.15) is 0 Å². The molecule has 0 spiro atoms. The average Bonchev–Trinajstić information content (AvgIpc) is 2.95. The Morgan fingerprint density at radius 2 is 2.17 bits per heavy atom. The van der Waals surface area contributed by atoms with Crippen LogP contribution in [0, 0.1) is 0 Å². The number of carboxylic acid groups (broad SMARTS) is 1. The molecule has 0 radical (unpaired) electrons. The van der Waals surface area contributed by atoms with Gasteiger partial charge in [0.25, 0.3) is 0 Å². The number of carboxylic acids is 1. The van der Waals surface area contributed by atoms with Crippen LogP contribution in [-0.2, 0) is 16.8 Å². The number of carbonyl (C=O) groups is 1. The van der Waals surface area contributed by atoms with E-state index >= 15 is 0 Å². The molecule has 1 aromatic carbocycles. The van der Waals surface area contributed by atoms with Crippen molar-refractivity contribution in [2.75, 3.05) is 0 Å². The SMILES string of the molecule is CC1(c2cnccn2)N[C@H](C(=O)O)Cc2c1[nH]c1ccccc21. The lowest BCUT2D eigenvalue weighted by atomic mass is 9.83. The van der Waals surface area contributed by atoms with E-state index in [0.29, 0.717) is 12.1 Å². The van der Waals surface area contributed by atoms with Crippen LogP contribution in [0.1, 0.15) is 23.9 Å². The molecule has 2 atom stereocenters. The standard InChI is InChI=1S/C17H16N4O2/c1-17(14-9-18-6-7-19-14)15-11(8-13(21-17)16(22)23)10-4-2-3-5-12(10)20-15/h2-7,9,13,20-21H,8H2,1H3,(H,22,23)/t13-,17?/m0/s1. The third kappa shape index (κ3) is 2.03. The smallest absolute Gasteiger partial charge is 0.321 e. The number of rotatable bonds is 2. The van der Waals surface area contributed by atoms with E-state index < -0.39 is 17.6 Å². The van der Waals surface area contributed by atoms with Gasteiger partial charge in [0.05, 0.1) is 11.9 Å². The lowest BCUT2D eigenvalue weighted by Crippen LogP contribution is -2.55. The van der Waals surface area contributed by atoms with Gasteiger partial charge in [-0.25, -0.2) is 0 Å². The molecule has 0 amide bonds. The summed E-state index contributed by atoms with van der Waals surface area (Å²) < 4.78 is 0. The lowest BCUT2D eigenvalue weighted by molar-refractivity contribution is -0.140. The average molecular weight is 308 g/mol. The number of nitrogens with one attached hydrogen (secondary N) is 2. The quantitative estimate of drug-likeness (QED) is 0.672. The fourth-order valence-corrected chi connectivity index (χ4v) is 3.42. The number of aliphatic carboxylic acids is 1. The van der Waals surface area contributed by atoms with Gasteiger partial charge in [-0.05, 0) is 18.6 Å². The molecule has 0 bridgehead atoms. The second-order valence-electron chi connectivity index (χ2n) is 5.98. The topological polar surface area (TPSA) is 90.9 Å². The predicted molar refractivity (Wildman–Crippen MR) is 85.0 cm³/mol. The normalized spacial score (nSPS) is 23.6. The largest absolute Gasteiger partial charge is 0.480 e. The number of benzene rings is 1. The first-order chi connectivity index (χ1) is 11.1. The van der Waals surface area contributed by atoms with E-state index in [0.717, 1.165) is 22.2 Å². The molecule has 2 aromatic heterocycles. The molecule has 3 heterocycles. The van der Waals surface area contributed by atoms with Gasteiger partial charge in [0.1, 0.15) is 11.6 Å². The Labute approximate surface area is 132 Å². The van der Waals surface area contributed by atoms with Gasteiger partial charge >= 0.3 is 5.97 Å². The van der Waals surface area contributed by atoms with Crippen LogP contribution in [-0.4, -0.2) is 32.1 Å². The Morgan fingerprint density at radius 1 is 1.35 bits per heavy atom. The molecule has 3 aromatic rings. The highest BCUT2D eigenvalue weighted by Crippen LogP contribution is 2.38. The molecule has 0 fully saturated rings. The van der Waals surface area contributed by atoms with Gasteiger partial charge in [0.15, 0.2) is 0 Å². The van der Waals surface area contributed by atoms with E-state index in [1.54, 1.807) is 18.6 Å².